The number of hydrogen-bond acceptors (Lipinski definition) is 3. The van der Waals surface area contributed by atoms with Crippen LogP contribution in [0.4, 0.5) is 0 Å². The van der Waals surface area contributed by atoms with Gasteiger partial charge in [0, 0.05) is 23.6 Å². The summed E-state index contributed by atoms with van der Waals surface area (Å²) in [5, 5.41) is 0.883. The summed E-state index contributed by atoms with van der Waals surface area (Å²) in [7, 11) is 0. The van der Waals surface area contributed by atoms with Gasteiger partial charge in [-0.05, 0) is 12.5 Å². The molecule has 118 valence electrons. The first kappa shape index (κ1) is 16.3. The van der Waals surface area contributed by atoms with Crippen LogP contribution in [-0.2, 0) is 16.3 Å². The lowest BCUT2D eigenvalue weighted by Crippen LogP contribution is -2.08. The maximum atomic E-state index is 11.8. The number of carbonyl (C=O) groups is 2. The molecule has 1 heterocycles. The zero-order chi connectivity index (χ0) is 15.8. The van der Waals surface area contributed by atoms with Crippen LogP contribution in [-0.4, -0.2) is 16.8 Å². The fourth-order valence-corrected chi connectivity index (χ4v) is 2.56. The molecule has 4 nitrogen and oxygen atoms in total. The van der Waals surface area contributed by atoms with Crippen molar-refractivity contribution in [3.8, 4) is 0 Å². The zero-order valence-electron chi connectivity index (χ0n) is 13.1. The number of fused-ring (bicyclic) bond motifs is 1. The van der Waals surface area contributed by atoms with E-state index in [2.05, 4.69) is 6.92 Å². The lowest BCUT2D eigenvalue weighted by molar-refractivity contribution is -0.147. The minimum absolute atomic E-state index is 0.155. The van der Waals surface area contributed by atoms with E-state index in [1.54, 1.807) is 10.8 Å². The summed E-state index contributed by atoms with van der Waals surface area (Å²) < 4.78 is 7.11. The maximum absolute atomic E-state index is 11.8. The van der Waals surface area contributed by atoms with Crippen LogP contribution in [0.5, 0.6) is 0 Å². The molecule has 0 aliphatic rings. The highest BCUT2D eigenvalue weighted by Gasteiger charge is 2.09. The number of rotatable bonds is 9. The summed E-state index contributed by atoms with van der Waals surface area (Å²) >= 11 is 0. The largest absolute Gasteiger partial charge is 0.444 e. The first-order chi connectivity index (χ1) is 10.8. The first-order valence-corrected chi connectivity index (χ1v) is 7.95. The summed E-state index contributed by atoms with van der Waals surface area (Å²) in [4.78, 5) is 22.8. The van der Waals surface area contributed by atoms with Crippen molar-refractivity contribution >= 4 is 23.2 Å². The molecule has 4 heteroatoms. The molecule has 2 rings (SSSR count). The van der Waals surface area contributed by atoms with Crippen molar-refractivity contribution in [1.29, 1.82) is 0 Å². The second kappa shape index (κ2) is 8.37. The van der Waals surface area contributed by atoms with Crippen LogP contribution in [0.25, 0.3) is 10.9 Å². The van der Waals surface area contributed by atoms with Crippen molar-refractivity contribution in [3.05, 3.63) is 36.0 Å². The number of ether oxygens (including phenoxy) is 1. The van der Waals surface area contributed by atoms with Gasteiger partial charge in [-0.25, -0.2) is 0 Å². The van der Waals surface area contributed by atoms with Crippen molar-refractivity contribution in [3.63, 3.8) is 0 Å². The number of esters is 1. The number of unbranched alkanes of at least 4 members (excludes halogenated alkanes) is 4. The topological polar surface area (TPSA) is 48.3 Å². The van der Waals surface area contributed by atoms with Gasteiger partial charge in [-0.1, -0.05) is 50.8 Å². The molecule has 1 aromatic carbocycles. The maximum Gasteiger partial charge on any atom is 0.307 e. The van der Waals surface area contributed by atoms with Crippen LogP contribution in [0.1, 0.15) is 55.8 Å². The highest BCUT2D eigenvalue weighted by molar-refractivity contribution is 5.97. The monoisotopic (exact) mass is 301 g/mol. The van der Waals surface area contributed by atoms with Crippen molar-refractivity contribution in [2.24, 2.45) is 0 Å². The number of hydrogen-bond donors (Lipinski definition) is 0. The standard InChI is InChI=1S/C18H23NO3/c1-2-3-4-5-6-11-18(21)22-14-19-12-15(13-20)16-9-7-8-10-17(16)19/h7-10,12-13H,2-6,11,14H2,1H3. The molecule has 0 fully saturated rings. The SMILES string of the molecule is CCCCCCCC(=O)OCn1cc(C=O)c2ccccc21. The summed E-state index contributed by atoms with van der Waals surface area (Å²) in [6.45, 7) is 2.32. The third kappa shape index (κ3) is 4.20. The van der Waals surface area contributed by atoms with Crippen molar-refractivity contribution in [1.82, 2.24) is 4.57 Å². The Balaban J connectivity index is 1.86. The van der Waals surface area contributed by atoms with E-state index < -0.39 is 0 Å². The van der Waals surface area contributed by atoms with Gasteiger partial charge in [0.05, 0.1) is 5.52 Å². The first-order valence-electron chi connectivity index (χ1n) is 7.95. The molecule has 0 N–H and O–H groups in total. The Morgan fingerprint density at radius 3 is 2.73 bits per heavy atom. The van der Waals surface area contributed by atoms with Gasteiger partial charge in [0.2, 0.25) is 0 Å². The predicted octanol–water partition coefficient (Wildman–Crippen LogP) is 4.32. The lowest BCUT2D eigenvalue weighted by Gasteiger charge is -2.07. The summed E-state index contributed by atoms with van der Waals surface area (Å²) in [5.74, 6) is -0.179. The number of carbonyl (C=O) groups excluding carboxylic acids is 2. The van der Waals surface area contributed by atoms with Gasteiger partial charge >= 0.3 is 5.97 Å². The van der Waals surface area contributed by atoms with E-state index in [-0.39, 0.29) is 12.7 Å². The van der Waals surface area contributed by atoms with E-state index in [4.69, 9.17) is 4.74 Å². The fourth-order valence-electron chi connectivity index (χ4n) is 2.56. The molecule has 0 bridgehead atoms. The zero-order valence-corrected chi connectivity index (χ0v) is 13.1. The highest BCUT2D eigenvalue weighted by Crippen LogP contribution is 2.20. The average Bonchev–Trinajstić information content (AvgIpc) is 2.91. The molecule has 0 aliphatic heterocycles. The molecule has 0 atom stereocenters. The van der Waals surface area contributed by atoms with Crippen molar-refractivity contribution in [2.45, 2.75) is 52.2 Å². The molecule has 0 radical (unpaired) electrons. The van der Waals surface area contributed by atoms with E-state index in [0.29, 0.717) is 12.0 Å². The quantitative estimate of drug-likeness (QED) is 0.394. The Hall–Kier alpha value is -2.10. The normalized spacial score (nSPS) is 10.8. The fraction of sp³-hybridized carbons (Fsp3) is 0.444. The third-order valence-corrected chi connectivity index (χ3v) is 3.80. The lowest BCUT2D eigenvalue weighted by atomic mass is 10.1. The number of aldehydes is 1. The molecule has 0 amide bonds. The van der Waals surface area contributed by atoms with Gasteiger partial charge in [-0.15, -0.1) is 0 Å². The van der Waals surface area contributed by atoms with Crippen LogP contribution in [0.2, 0.25) is 0 Å². The van der Waals surface area contributed by atoms with E-state index in [1.807, 2.05) is 24.3 Å². The third-order valence-electron chi connectivity index (χ3n) is 3.80. The van der Waals surface area contributed by atoms with E-state index in [9.17, 15) is 9.59 Å². The van der Waals surface area contributed by atoms with Crippen LogP contribution in [0.15, 0.2) is 30.5 Å². The minimum atomic E-state index is -0.179. The molecule has 1 aromatic heterocycles. The van der Waals surface area contributed by atoms with Crippen LogP contribution < -0.4 is 0 Å². The Kier molecular flexibility index (Phi) is 6.19. The molecule has 22 heavy (non-hydrogen) atoms. The molecule has 0 spiro atoms. The van der Waals surface area contributed by atoms with Crippen LogP contribution >= 0.6 is 0 Å². The average molecular weight is 301 g/mol. The Labute approximate surface area is 131 Å². The van der Waals surface area contributed by atoms with Crippen molar-refractivity contribution in [2.75, 3.05) is 0 Å². The smallest absolute Gasteiger partial charge is 0.307 e. The molecular weight excluding hydrogens is 278 g/mol. The number of benzene rings is 1. The molecular formula is C18H23NO3. The van der Waals surface area contributed by atoms with E-state index in [0.717, 1.165) is 30.0 Å². The molecule has 0 unspecified atom stereocenters. The summed E-state index contributed by atoms with van der Waals surface area (Å²) in [5.41, 5.74) is 1.52. The minimum Gasteiger partial charge on any atom is -0.444 e. The second-order valence-electron chi connectivity index (χ2n) is 5.50. The van der Waals surface area contributed by atoms with Gasteiger partial charge in [-0.3, -0.25) is 9.59 Å². The van der Waals surface area contributed by atoms with Crippen LogP contribution in [0, 0.1) is 0 Å². The molecule has 0 saturated carbocycles. The van der Waals surface area contributed by atoms with Gasteiger partial charge in [0.15, 0.2) is 13.0 Å². The Morgan fingerprint density at radius 1 is 1.18 bits per heavy atom. The Bertz CT molecular complexity index is 630. The predicted molar refractivity (Wildman–Crippen MR) is 86.8 cm³/mol. The molecule has 0 saturated heterocycles. The molecule has 0 aliphatic carbocycles. The second-order valence-corrected chi connectivity index (χ2v) is 5.50. The van der Waals surface area contributed by atoms with Gasteiger partial charge in [0.1, 0.15) is 0 Å². The highest BCUT2D eigenvalue weighted by atomic mass is 16.5. The number of aromatic nitrogens is 1. The number of nitrogens with zero attached hydrogens (tertiary/aromatic N) is 1. The number of para-hydroxylation sites is 1. The van der Waals surface area contributed by atoms with Crippen molar-refractivity contribution < 1.29 is 14.3 Å². The van der Waals surface area contributed by atoms with Crippen LogP contribution in [0.3, 0.4) is 0 Å². The van der Waals surface area contributed by atoms with E-state index in [1.165, 1.54) is 19.3 Å². The molecule has 2 aromatic rings. The van der Waals surface area contributed by atoms with Gasteiger partial charge < -0.3 is 9.30 Å². The summed E-state index contributed by atoms with van der Waals surface area (Å²) in [6.07, 6.45) is 8.57. The Morgan fingerprint density at radius 2 is 1.95 bits per heavy atom. The van der Waals surface area contributed by atoms with E-state index >= 15 is 0 Å². The van der Waals surface area contributed by atoms with Gasteiger partial charge in [0.25, 0.3) is 0 Å². The van der Waals surface area contributed by atoms with Gasteiger partial charge in [-0.2, -0.15) is 0 Å². The summed E-state index contributed by atoms with van der Waals surface area (Å²) in [6, 6.07) is 7.61.